The van der Waals surface area contributed by atoms with Crippen molar-refractivity contribution in [3.8, 4) is 0 Å². The molecule has 9 heteroatoms. The van der Waals surface area contributed by atoms with Crippen molar-refractivity contribution in [3.05, 3.63) is 65.5 Å². The van der Waals surface area contributed by atoms with Crippen LogP contribution in [0.2, 0.25) is 0 Å². The van der Waals surface area contributed by atoms with Gasteiger partial charge in [-0.05, 0) is 55.8 Å². The fourth-order valence-electron chi connectivity index (χ4n) is 2.41. The summed E-state index contributed by atoms with van der Waals surface area (Å²) in [6, 6.07) is 9.42. The van der Waals surface area contributed by atoms with Gasteiger partial charge in [0, 0.05) is 5.69 Å². The van der Waals surface area contributed by atoms with E-state index in [2.05, 4.69) is 10.6 Å². The standard InChI is InChI=1S/C20H20F4N2O2S/c1-12(14-4-3-5-15(10-14)20(22,23)24)25-19(28)13(2)29-11-18(27)26-17-8-6-16(21)7-9-17/h3-10,12-13H,11H2,1-2H3,(H,25,28)(H,26,27). The molecule has 2 rings (SSSR count). The van der Waals surface area contributed by atoms with Crippen molar-refractivity contribution in [2.75, 3.05) is 11.1 Å². The molecule has 0 aromatic heterocycles. The topological polar surface area (TPSA) is 58.2 Å². The second-order valence-corrected chi connectivity index (χ2v) is 7.69. The number of anilines is 1. The summed E-state index contributed by atoms with van der Waals surface area (Å²) in [5, 5.41) is 4.64. The fourth-order valence-corrected chi connectivity index (χ4v) is 3.10. The molecule has 29 heavy (non-hydrogen) atoms. The minimum absolute atomic E-state index is 0.0100. The van der Waals surface area contributed by atoms with E-state index in [1.807, 2.05) is 0 Å². The molecule has 0 aliphatic carbocycles. The number of hydrogen-bond donors (Lipinski definition) is 2. The van der Waals surface area contributed by atoms with Crippen LogP contribution >= 0.6 is 11.8 Å². The number of hydrogen-bond acceptors (Lipinski definition) is 3. The van der Waals surface area contributed by atoms with E-state index in [0.29, 0.717) is 11.3 Å². The Morgan fingerprint density at radius 1 is 1.07 bits per heavy atom. The second kappa shape index (κ2) is 9.78. The van der Waals surface area contributed by atoms with Crippen molar-refractivity contribution in [3.63, 3.8) is 0 Å². The van der Waals surface area contributed by atoms with Crippen LogP contribution in [0.5, 0.6) is 0 Å². The number of rotatable bonds is 7. The van der Waals surface area contributed by atoms with E-state index in [1.54, 1.807) is 13.8 Å². The first-order valence-corrected chi connectivity index (χ1v) is 9.75. The molecule has 0 heterocycles. The molecule has 0 radical (unpaired) electrons. The van der Waals surface area contributed by atoms with Gasteiger partial charge in [0.05, 0.1) is 22.6 Å². The molecule has 156 valence electrons. The Kier molecular flexibility index (Phi) is 7.66. The molecule has 0 fully saturated rings. The Morgan fingerprint density at radius 3 is 2.34 bits per heavy atom. The molecule has 2 aromatic carbocycles. The number of nitrogens with one attached hydrogen (secondary N) is 2. The number of carbonyl (C=O) groups is 2. The van der Waals surface area contributed by atoms with Crippen molar-refractivity contribution in [1.29, 1.82) is 0 Å². The van der Waals surface area contributed by atoms with Gasteiger partial charge in [-0.3, -0.25) is 9.59 Å². The van der Waals surface area contributed by atoms with Gasteiger partial charge in [-0.1, -0.05) is 12.1 Å². The molecule has 2 unspecified atom stereocenters. The predicted molar refractivity (Wildman–Crippen MR) is 105 cm³/mol. The SMILES string of the molecule is CC(SCC(=O)Nc1ccc(F)cc1)C(=O)NC(C)c1cccc(C(F)(F)F)c1. The summed E-state index contributed by atoms with van der Waals surface area (Å²) < 4.78 is 51.3. The first kappa shape index (κ1) is 22.7. The molecule has 0 aliphatic heterocycles. The Labute approximate surface area is 170 Å². The third-order valence-electron chi connectivity index (χ3n) is 4.03. The molecule has 0 saturated carbocycles. The van der Waals surface area contributed by atoms with E-state index in [4.69, 9.17) is 0 Å². The number of amides is 2. The molecule has 0 aliphatic rings. The normalized spacial score (nSPS) is 13.4. The summed E-state index contributed by atoms with van der Waals surface area (Å²) in [6.07, 6.45) is -4.46. The molecule has 2 N–H and O–H groups in total. The molecule has 2 amide bonds. The van der Waals surface area contributed by atoms with Crippen LogP contribution in [-0.4, -0.2) is 22.8 Å². The van der Waals surface area contributed by atoms with Gasteiger partial charge in [-0.15, -0.1) is 11.8 Å². The fraction of sp³-hybridized carbons (Fsp3) is 0.300. The van der Waals surface area contributed by atoms with Crippen molar-refractivity contribution < 1.29 is 27.2 Å². The average Bonchev–Trinajstić information content (AvgIpc) is 2.67. The lowest BCUT2D eigenvalue weighted by Crippen LogP contribution is -2.34. The maximum atomic E-state index is 12.9. The van der Waals surface area contributed by atoms with Crippen LogP contribution in [0.25, 0.3) is 0 Å². The van der Waals surface area contributed by atoms with Crippen LogP contribution in [0.4, 0.5) is 23.2 Å². The Bertz CT molecular complexity index is 856. The van der Waals surface area contributed by atoms with Crippen molar-refractivity contribution in [2.45, 2.75) is 31.3 Å². The van der Waals surface area contributed by atoms with Gasteiger partial charge in [0.2, 0.25) is 11.8 Å². The lowest BCUT2D eigenvalue weighted by molar-refractivity contribution is -0.137. The molecule has 0 bridgehead atoms. The highest BCUT2D eigenvalue weighted by molar-refractivity contribution is 8.01. The van der Waals surface area contributed by atoms with Gasteiger partial charge < -0.3 is 10.6 Å². The molecular weight excluding hydrogens is 408 g/mol. The van der Waals surface area contributed by atoms with Gasteiger partial charge in [-0.2, -0.15) is 13.2 Å². The molecule has 4 nitrogen and oxygen atoms in total. The smallest absolute Gasteiger partial charge is 0.349 e. The maximum Gasteiger partial charge on any atom is 0.416 e. The summed E-state index contributed by atoms with van der Waals surface area (Å²) in [6.45, 7) is 3.19. The van der Waals surface area contributed by atoms with Crippen LogP contribution in [0, 0.1) is 5.82 Å². The highest BCUT2D eigenvalue weighted by atomic mass is 32.2. The van der Waals surface area contributed by atoms with E-state index in [-0.39, 0.29) is 11.7 Å². The third-order valence-corrected chi connectivity index (χ3v) is 5.18. The van der Waals surface area contributed by atoms with E-state index in [9.17, 15) is 27.2 Å². The first-order valence-electron chi connectivity index (χ1n) is 8.71. The third kappa shape index (κ3) is 7.08. The molecule has 2 atom stereocenters. The number of halogens is 4. The zero-order valence-corrected chi connectivity index (χ0v) is 16.5. The first-order chi connectivity index (χ1) is 13.6. The summed E-state index contributed by atoms with van der Waals surface area (Å²) in [4.78, 5) is 24.2. The molecule has 2 aromatic rings. The summed E-state index contributed by atoms with van der Waals surface area (Å²) in [5.41, 5.74) is -0.0114. The quantitative estimate of drug-likeness (QED) is 0.624. The summed E-state index contributed by atoms with van der Waals surface area (Å²) in [7, 11) is 0. The molecule has 0 saturated heterocycles. The lowest BCUT2D eigenvalue weighted by Gasteiger charge is -2.19. The van der Waals surface area contributed by atoms with Crippen LogP contribution in [-0.2, 0) is 15.8 Å². The van der Waals surface area contributed by atoms with E-state index < -0.39 is 34.8 Å². The largest absolute Gasteiger partial charge is 0.416 e. The highest BCUT2D eigenvalue weighted by Gasteiger charge is 2.31. The molecular formula is C20H20F4N2O2S. The second-order valence-electron chi connectivity index (χ2n) is 6.36. The lowest BCUT2D eigenvalue weighted by atomic mass is 10.0. The van der Waals surface area contributed by atoms with Gasteiger partial charge in [0.15, 0.2) is 0 Å². The zero-order valence-electron chi connectivity index (χ0n) is 15.7. The van der Waals surface area contributed by atoms with E-state index in [0.717, 1.165) is 23.9 Å². The van der Waals surface area contributed by atoms with Crippen molar-refractivity contribution >= 4 is 29.3 Å². The summed E-state index contributed by atoms with van der Waals surface area (Å²) >= 11 is 1.08. The number of thioether (sulfide) groups is 1. The minimum Gasteiger partial charge on any atom is -0.349 e. The van der Waals surface area contributed by atoms with Gasteiger partial charge in [-0.25, -0.2) is 4.39 Å². The predicted octanol–water partition coefficient (Wildman–Crippen LogP) is 4.78. The number of carbonyl (C=O) groups excluding carboxylic acids is 2. The Hall–Kier alpha value is -2.55. The van der Waals surface area contributed by atoms with Crippen molar-refractivity contribution in [1.82, 2.24) is 5.32 Å². The van der Waals surface area contributed by atoms with E-state index in [1.165, 1.54) is 36.4 Å². The van der Waals surface area contributed by atoms with Crippen LogP contribution < -0.4 is 10.6 Å². The van der Waals surface area contributed by atoms with Gasteiger partial charge >= 0.3 is 6.18 Å². The van der Waals surface area contributed by atoms with Crippen molar-refractivity contribution in [2.24, 2.45) is 0 Å². The highest BCUT2D eigenvalue weighted by Crippen LogP contribution is 2.30. The zero-order chi connectivity index (χ0) is 21.6. The monoisotopic (exact) mass is 428 g/mol. The Balaban J connectivity index is 1.85. The number of alkyl halides is 3. The van der Waals surface area contributed by atoms with E-state index >= 15 is 0 Å². The van der Waals surface area contributed by atoms with Gasteiger partial charge in [0.1, 0.15) is 5.82 Å². The van der Waals surface area contributed by atoms with Crippen LogP contribution in [0.1, 0.15) is 31.0 Å². The van der Waals surface area contributed by atoms with Crippen LogP contribution in [0.15, 0.2) is 48.5 Å². The Morgan fingerprint density at radius 2 is 1.72 bits per heavy atom. The maximum absolute atomic E-state index is 12.9. The minimum atomic E-state index is -4.46. The number of benzene rings is 2. The summed E-state index contributed by atoms with van der Waals surface area (Å²) in [5.74, 6) is -1.18. The average molecular weight is 428 g/mol. The van der Waals surface area contributed by atoms with Crippen LogP contribution in [0.3, 0.4) is 0 Å². The van der Waals surface area contributed by atoms with Gasteiger partial charge in [0.25, 0.3) is 0 Å². The molecule has 0 spiro atoms.